The summed E-state index contributed by atoms with van der Waals surface area (Å²) in [6.45, 7) is 11.6. The van der Waals surface area contributed by atoms with E-state index in [1.54, 1.807) is 13.3 Å². The topological polar surface area (TPSA) is 0 Å². The van der Waals surface area contributed by atoms with Gasteiger partial charge in [0.05, 0.1) is 8.80 Å². The number of rotatable bonds is 10. The average Bonchev–Trinajstić information content (AvgIpc) is 2.55. The van der Waals surface area contributed by atoms with Crippen LogP contribution >= 0.6 is 0 Å². The van der Waals surface area contributed by atoms with Crippen LogP contribution in [0.25, 0.3) is 0 Å². The van der Waals surface area contributed by atoms with E-state index in [-0.39, 0.29) is 8.80 Å². The molecule has 2 radical (unpaired) electrons. The second-order valence-corrected chi connectivity index (χ2v) is 17.6. The maximum atomic E-state index is 2.33. The third-order valence-electron chi connectivity index (χ3n) is 4.00. The predicted octanol–water partition coefficient (Wildman–Crippen LogP) is 6.53. The van der Waals surface area contributed by atoms with E-state index in [0.29, 0.717) is 0 Å². The molecule has 0 saturated heterocycles. The molecule has 0 aliphatic heterocycles. The molecule has 1 rings (SSSR count). The van der Waals surface area contributed by atoms with Gasteiger partial charge in [0, 0.05) is 0 Å². The molecule has 0 heterocycles. The molecule has 126 valence electrons. The number of unbranched alkanes of at least 4 members (excludes halogenated alkanes) is 3. The molecule has 0 saturated carbocycles. The van der Waals surface area contributed by atoms with Gasteiger partial charge in [-0.2, -0.15) is 0 Å². The Kier molecular flexibility index (Phi) is 16.3. The molecule has 0 spiro atoms. The van der Waals surface area contributed by atoms with Gasteiger partial charge in [0.25, 0.3) is 0 Å². The Morgan fingerprint density at radius 2 is 1.14 bits per heavy atom. The fourth-order valence-electron chi connectivity index (χ4n) is 2.43. The second-order valence-electron chi connectivity index (χ2n) is 6.43. The quantitative estimate of drug-likeness (QED) is 0.374. The molecular weight excluding hydrogens is 387 g/mol. The minimum atomic E-state index is -0.839. The minimum Gasteiger partial charge on any atom is -0.0671 e. The molecule has 0 nitrogen and oxygen atoms in total. The molecule has 0 aliphatic carbocycles. The number of hydrogen-bond donors (Lipinski definition) is 0. The maximum Gasteiger partial charge on any atom is 0.0791 e. The molecular formula is C20H38SiSn. The van der Waals surface area contributed by atoms with Crippen LogP contribution in [0.1, 0.15) is 59.3 Å². The summed E-state index contributed by atoms with van der Waals surface area (Å²) in [4.78, 5) is 0. The zero-order valence-corrected chi connectivity index (χ0v) is 19.6. The fourth-order valence-corrected chi connectivity index (χ4v) is 12.7. The van der Waals surface area contributed by atoms with Crippen LogP contribution in [0.5, 0.6) is 0 Å². The van der Waals surface area contributed by atoms with Crippen molar-refractivity contribution < 1.29 is 0 Å². The number of hydrogen-bond acceptors (Lipinski definition) is 0. The summed E-state index contributed by atoms with van der Waals surface area (Å²) in [6.07, 6.45) is 8.85. The van der Waals surface area contributed by atoms with Crippen molar-refractivity contribution in [1.29, 1.82) is 0 Å². The second kappa shape index (κ2) is 16.1. The third-order valence-corrected chi connectivity index (χ3v) is 14.6. The van der Waals surface area contributed by atoms with Crippen LogP contribution in [0.4, 0.5) is 0 Å². The Bertz CT molecular complexity index is 305. The van der Waals surface area contributed by atoms with Crippen LogP contribution < -0.4 is 5.19 Å². The summed E-state index contributed by atoms with van der Waals surface area (Å²) in [7, 11) is -0.212. The molecule has 0 bridgehead atoms. The van der Waals surface area contributed by atoms with Crippen LogP contribution in [0, 0.1) is 0 Å². The molecule has 0 aliphatic rings. The summed E-state index contributed by atoms with van der Waals surface area (Å²) < 4.78 is 5.04. The summed E-state index contributed by atoms with van der Waals surface area (Å²) in [5, 5.41) is 1.52. The maximum absolute atomic E-state index is 2.33. The molecule has 0 unspecified atom stereocenters. The van der Waals surface area contributed by atoms with Crippen LogP contribution in [0.15, 0.2) is 30.3 Å². The summed E-state index contributed by atoms with van der Waals surface area (Å²) in [5.41, 5.74) is 0. The van der Waals surface area contributed by atoms with Crippen LogP contribution in [-0.4, -0.2) is 28.6 Å². The largest absolute Gasteiger partial charge is 0.0791 e. The van der Waals surface area contributed by atoms with E-state index in [0.717, 1.165) is 0 Å². The molecule has 1 aromatic carbocycles. The molecule has 22 heavy (non-hydrogen) atoms. The van der Waals surface area contributed by atoms with Crippen molar-refractivity contribution in [2.75, 3.05) is 0 Å². The van der Waals surface area contributed by atoms with E-state index in [1.165, 1.54) is 43.7 Å². The van der Waals surface area contributed by atoms with Gasteiger partial charge in [-0.05, 0) is 0 Å². The van der Waals surface area contributed by atoms with E-state index >= 15 is 0 Å². The van der Waals surface area contributed by atoms with Gasteiger partial charge in [-0.15, -0.1) is 0 Å². The first-order valence-electron chi connectivity index (χ1n) is 9.34. The third kappa shape index (κ3) is 12.7. The van der Waals surface area contributed by atoms with Gasteiger partial charge in [-0.3, -0.25) is 0 Å². The van der Waals surface area contributed by atoms with Gasteiger partial charge in [-0.1, -0.05) is 48.6 Å². The van der Waals surface area contributed by atoms with Crippen LogP contribution in [0.3, 0.4) is 0 Å². The first-order valence-corrected chi connectivity index (χ1v) is 17.9. The van der Waals surface area contributed by atoms with Gasteiger partial charge in [0.2, 0.25) is 0 Å². The predicted molar refractivity (Wildman–Crippen MR) is 108 cm³/mol. The smallest absolute Gasteiger partial charge is 0.0671 e. The SMILES string of the molecule is CCC[CH2][Sn]([CH2]CCC)[CH2]CCC.C[Si](C)c1ccccc1. The Morgan fingerprint density at radius 3 is 1.41 bits per heavy atom. The van der Waals surface area contributed by atoms with Gasteiger partial charge in [0.1, 0.15) is 0 Å². The van der Waals surface area contributed by atoms with E-state index < -0.39 is 19.8 Å². The van der Waals surface area contributed by atoms with Crippen molar-refractivity contribution in [3.05, 3.63) is 30.3 Å². The zero-order chi connectivity index (χ0) is 16.6. The Labute approximate surface area is 149 Å². The van der Waals surface area contributed by atoms with Gasteiger partial charge >= 0.3 is 92.4 Å². The Morgan fingerprint density at radius 1 is 0.727 bits per heavy atom. The molecule has 1 aromatic rings. The summed E-state index contributed by atoms with van der Waals surface area (Å²) in [6, 6.07) is 10.7. The number of benzene rings is 1. The van der Waals surface area contributed by atoms with Gasteiger partial charge in [0.15, 0.2) is 0 Å². The molecule has 2 heteroatoms. The summed E-state index contributed by atoms with van der Waals surface area (Å²) >= 11 is -0.839. The normalized spacial score (nSPS) is 10.7. The minimum absolute atomic E-state index is 0.212. The molecule has 0 atom stereocenters. The first-order chi connectivity index (χ1) is 10.7. The van der Waals surface area contributed by atoms with Gasteiger partial charge in [-0.25, -0.2) is 0 Å². The van der Waals surface area contributed by atoms with Crippen molar-refractivity contribution in [2.24, 2.45) is 0 Å². The van der Waals surface area contributed by atoms with E-state index in [9.17, 15) is 0 Å². The van der Waals surface area contributed by atoms with Crippen LogP contribution in [0.2, 0.25) is 26.4 Å². The molecule has 0 N–H and O–H groups in total. The Balaban J connectivity index is 0.000000425. The van der Waals surface area contributed by atoms with Crippen LogP contribution in [-0.2, 0) is 0 Å². The molecule has 0 amide bonds. The van der Waals surface area contributed by atoms with Gasteiger partial charge < -0.3 is 0 Å². The van der Waals surface area contributed by atoms with Crippen molar-refractivity contribution in [3.63, 3.8) is 0 Å². The average molecular weight is 425 g/mol. The van der Waals surface area contributed by atoms with E-state index in [4.69, 9.17) is 0 Å². The van der Waals surface area contributed by atoms with E-state index in [2.05, 4.69) is 64.2 Å². The van der Waals surface area contributed by atoms with Crippen molar-refractivity contribution >= 4 is 33.7 Å². The zero-order valence-electron chi connectivity index (χ0n) is 15.8. The molecule has 0 fully saturated rings. The Hall–Kier alpha value is 0.236. The first kappa shape index (κ1) is 22.2. The molecule has 0 aromatic heterocycles. The van der Waals surface area contributed by atoms with Crippen molar-refractivity contribution in [1.82, 2.24) is 0 Å². The standard InChI is InChI=1S/C8H11Si.3C4H9.Sn/c1-9(2)8-6-4-3-5-7-8;3*1-3-4-2;/h3-7H,1-2H3;3*1,3-4H2,2H3;. The fraction of sp³-hybridized carbons (Fsp3) is 0.700. The monoisotopic (exact) mass is 426 g/mol. The van der Waals surface area contributed by atoms with E-state index in [1.807, 2.05) is 0 Å². The van der Waals surface area contributed by atoms with Crippen molar-refractivity contribution in [3.8, 4) is 0 Å². The van der Waals surface area contributed by atoms with Crippen molar-refractivity contribution in [2.45, 2.75) is 85.7 Å². The summed E-state index contributed by atoms with van der Waals surface area (Å²) in [5.74, 6) is 0.